The lowest BCUT2D eigenvalue weighted by molar-refractivity contribution is -0.0520. The smallest absolute Gasteiger partial charge is 0.387 e. The molecule has 0 aliphatic heterocycles. The quantitative estimate of drug-likeness (QED) is 0.497. The Kier molecular flexibility index (Phi) is 8.03. The maximum absolute atomic E-state index is 12.8. The number of aliphatic imine (C=N–C) groups is 1. The zero-order valence-electron chi connectivity index (χ0n) is 16.5. The fourth-order valence-corrected chi connectivity index (χ4v) is 2.45. The third-order valence-electron chi connectivity index (χ3n) is 3.84. The molecular formula is C19H26F2N4O3. The van der Waals surface area contributed by atoms with Gasteiger partial charge in [-0.05, 0) is 18.9 Å². The number of rotatable bonds is 9. The molecule has 7 nitrogen and oxygen atoms in total. The number of aromatic nitrogens is 1. The molecule has 0 radical (unpaired) electrons. The largest absolute Gasteiger partial charge is 0.490 e. The van der Waals surface area contributed by atoms with E-state index in [1.165, 1.54) is 0 Å². The van der Waals surface area contributed by atoms with Gasteiger partial charge in [-0.2, -0.15) is 8.78 Å². The van der Waals surface area contributed by atoms with Crippen LogP contribution >= 0.6 is 0 Å². The first kappa shape index (κ1) is 21.5. The summed E-state index contributed by atoms with van der Waals surface area (Å²) in [5.74, 6) is 1.71. The van der Waals surface area contributed by atoms with Crippen molar-refractivity contribution in [2.45, 2.75) is 46.4 Å². The lowest BCUT2D eigenvalue weighted by atomic mass is 10.1. The van der Waals surface area contributed by atoms with E-state index in [4.69, 9.17) is 9.26 Å². The van der Waals surface area contributed by atoms with Crippen molar-refractivity contribution >= 4 is 5.96 Å². The molecule has 2 aromatic rings. The number of benzene rings is 1. The standard InChI is InChI=1S/C19H26F2N4O3/c1-5-26-16-8-6-7-13(17(16)27-18(20)21)10-23-19(22-4)24-11-14-9-15(12(2)3)25-28-14/h6-9,12,18H,5,10-11H2,1-4H3,(H2,22,23,24). The molecule has 0 aliphatic rings. The van der Waals surface area contributed by atoms with Crippen LogP contribution in [0.5, 0.6) is 11.5 Å². The summed E-state index contributed by atoms with van der Waals surface area (Å²) in [5, 5.41) is 10.2. The average Bonchev–Trinajstić information content (AvgIpc) is 3.13. The Balaban J connectivity index is 2.01. The van der Waals surface area contributed by atoms with Crippen LogP contribution < -0.4 is 20.1 Å². The number of nitrogens with one attached hydrogen (secondary N) is 2. The molecule has 2 N–H and O–H groups in total. The van der Waals surface area contributed by atoms with Crippen LogP contribution in [0, 0.1) is 0 Å². The minimum Gasteiger partial charge on any atom is -0.490 e. The van der Waals surface area contributed by atoms with Gasteiger partial charge in [0.2, 0.25) is 0 Å². The molecule has 1 aromatic carbocycles. The van der Waals surface area contributed by atoms with Crippen molar-refractivity contribution < 1.29 is 22.8 Å². The van der Waals surface area contributed by atoms with Gasteiger partial charge in [0.05, 0.1) is 18.8 Å². The number of ether oxygens (including phenoxy) is 2. The zero-order valence-corrected chi connectivity index (χ0v) is 16.5. The first-order valence-corrected chi connectivity index (χ1v) is 9.04. The van der Waals surface area contributed by atoms with Crippen molar-refractivity contribution in [1.29, 1.82) is 0 Å². The van der Waals surface area contributed by atoms with E-state index >= 15 is 0 Å². The highest BCUT2D eigenvalue weighted by Crippen LogP contribution is 2.32. The lowest BCUT2D eigenvalue weighted by Crippen LogP contribution is -2.36. The van der Waals surface area contributed by atoms with Crippen molar-refractivity contribution in [2.75, 3.05) is 13.7 Å². The van der Waals surface area contributed by atoms with Gasteiger partial charge in [-0.1, -0.05) is 31.1 Å². The van der Waals surface area contributed by atoms with Gasteiger partial charge in [-0.15, -0.1) is 0 Å². The van der Waals surface area contributed by atoms with Crippen LogP contribution in [0.3, 0.4) is 0 Å². The number of hydrogen-bond donors (Lipinski definition) is 2. The number of nitrogens with zero attached hydrogens (tertiary/aromatic N) is 2. The Hall–Kier alpha value is -2.84. The fourth-order valence-electron chi connectivity index (χ4n) is 2.45. The summed E-state index contributed by atoms with van der Waals surface area (Å²) in [6.45, 7) is 3.84. The summed E-state index contributed by atoms with van der Waals surface area (Å²) in [7, 11) is 1.61. The number of guanidine groups is 1. The molecule has 1 heterocycles. The van der Waals surface area contributed by atoms with E-state index in [9.17, 15) is 8.78 Å². The normalized spacial score (nSPS) is 11.8. The summed E-state index contributed by atoms with van der Waals surface area (Å²) >= 11 is 0. The van der Waals surface area contributed by atoms with E-state index in [1.807, 2.05) is 19.9 Å². The Labute approximate surface area is 163 Å². The Morgan fingerprint density at radius 2 is 2.00 bits per heavy atom. The van der Waals surface area contributed by atoms with Crippen molar-refractivity contribution in [3.8, 4) is 11.5 Å². The molecule has 154 valence electrons. The summed E-state index contributed by atoms with van der Waals surface area (Å²) < 4.78 is 40.9. The van der Waals surface area contributed by atoms with E-state index in [0.29, 0.717) is 30.4 Å². The third kappa shape index (κ3) is 6.11. The van der Waals surface area contributed by atoms with Crippen LogP contribution in [0.4, 0.5) is 8.78 Å². The van der Waals surface area contributed by atoms with Crippen LogP contribution in [0.15, 0.2) is 33.8 Å². The average molecular weight is 396 g/mol. The first-order valence-electron chi connectivity index (χ1n) is 9.04. The van der Waals surface area contributed by atoms with Gasteiger partial charge in [-0.3, -0.25) is 4.99 Å². The molecule has 0 saturated carbocycles. The Morgan fingerprint density at radius 3 is 2.61 bits per heavy atom. The first-order chi connectivity index (χ1) is 13.4. The molecule has 0 aliphatic carbocycles. The maximum atomic E-state index is 12.8. The predicted molar refractivity (Wildman–Crippen MR) is 102 cm³/mol. The SMILES string of the molecule is CCOc1cccc(CNC(=NC)NCc2cc(C(C)C)no2)c1OC(F)F. The van der Waals surface area contributed by atoms with Gasteiger partial charge in [0.1, 0.15) is 0 Å². The highest BCUT2D eigenvalue weighted by molar-refractivity contribution is 5.79. The molecule has 0 atom stereocenters. The van der Waals surface area contributed by atoms with Gasteiger partial charge in [0.15, 0.2) is 23.2 Å². The molecule has 2 rings (SSSR count). The molecular weight excluding hydrogens is 370 g/mol. The van der Waals surface area contributed by atoms with Gasteiger partial charge in [-0.25, -0.2) is 0 Å². The van der Waals surface area contributed by atoms with Crippen LogP contribution in [-0.2, 0) is 13.1 Å². The second kappa shape index (κ2) is 10.5. The van der Waals surface area contributed by atoms with E-state index in [2.05, 4.69) is 25.5 Å². The summed E-state index contributed by atoms with van der Waals surface area (Å²) in [6.07, 6.45) is 0. The Bertz CT molecular complexity index is 778. The van der Waals surface area contributed by atoms with Crippen LogP contribution in [0.25, 0.3) is 0 Å². The van der Waals surface area contributed by atoms with E-state index in [0.717, 1.165) is 5.69 Å². The molecule has 28 heavy (non-hydrogen) atoms. The third-order valence-corrected chi connectivity index (χ3v) is 3.84. The van der Waals surface area contributed by atoms with Gasteiger partial charge in [0.25, 0.3) is 0 Å². The predicted octanol–water partition coefficient (Wildman–Crippen LogP) is 3.66. The van der Waals surface area contributed by atoms with Crippen molar-refractivity contribution in [2.24, 2.45) is 4.99 Å². The molecule has 1 aromatic heterocycles. The van der Waals surface area contributed by atoms with Gasteiger partial charge < -0.3 is 24.6 Å². The number of halogens is 2. The molecule has 0 bridgehead atoms. The molecule has 0 amide bonds. The maximum Gasteiger partial charge on any atom is 0.387 e. The van der Waals surface area contributed by atoms with Crippen molar-refractivity contribution in [3.63, 3.8) is 0 Å². The Morgan fingerprint density at radius 1 is 1.25 bits per heavy atom. The van der Waals surface area contributed by atoms with Gasteiger partial charge >= 0.3 is 6.61 Å². The molecule has 0 spiro atoms. The highest BCUT2D eigenvalue weighted by Gasteiger charge is 2.16. The number of hydrogen-bond acceptors (Lipinski definition) is 5. The second-order valence-electron chi connectivity index (χ2n) is 6.21. The summed E-state index contributed by atoms with van der Waals surface area (Å²) in [4.78, 5) is 4.12. The van der Waals surface area contributed by atoms with Crippen molar-refractivity contribution in [3.05, 3.63) is 41.3 Å². The lowest BCUT2D eigenvalue weighted by Gasteiger charge is -2.17. The second-order valence-corrected chi connectivity index (χ2v) is 6.21. The van der Waals surface area contributed by atoms with E-state index in [-0.39, 0.29) is 24.0 Å². The number of para-hydroxylation sites is 1. The fraction of sp³-hybridized carbons (Fsp3) is 0.474. The van der Waals surface area contributed by atoms with Gasteiger partial charge in [0, 0.05) is 25.2 Å². The monoisotopic (exact) mass is 396 g/mol. The minimum absolute atomic E-state index is 0.0131. The van der Waals surface area contributed by atoms with Crippen LogP contribution in [0.2, 0.25) is 0 Å². The summed E-state index contributed by atoms with van der Waals surface area (Å²) in [6, 6.07) is 6.88. The molecule has 0 unspecified atom stereocenters. The van der Waals surface area contributed by atoms with Crippen LogP contribution in [0.1, 0.15) is 43.7 Å². The topological polar surface area (TPSA) is 80.9 Å². The molecule has 0 fully saturated rings. The summed E-state index contributed by atoms with van der Waals surface area (Å²) in [5.41, 5.74) is 1.40. The molecule has 9 heteroatoms. The van der Waals surface area contributed by atoms with E-state index < -0.39 is 6.61 Å². The van der Waals surface area contributed by atoms with Crippen LogP contribution in [-0.4, -0.2) is 31.4 Å². The zero-order chi connectivity index (χ0) is 20.5. The highest BCUT2D eigenvalue weighted by atomic mass is 19.3. The van der Waals surface area contributed by atoms with Crippen molar-refractivity contribution in [1.82, 2.24) is 15.8 Å². The minimum atomic E-state index is -2.95. The molecule has 0 saturated heterocycles. The van der Waals surface area contributed by atoms with E-state index in [1.54, 1.807) is 32.2 Å². The number of alkyl halides is 2.